The molecule has 12 heavy (non-hydrogen) atoms. The lowest BCUT2D eigenvalue weighted by Crippen LogP contribution is -2.45. The molecular weight excluding hydrogens is 174 g/mol. The molecule has 0 aromatic heterocycles. The Balaban J connectivity index is 4.84. The van der Waals surface area contributed by atoms with Gasteiger partial charge in [0.2, 0.25) is 10.0 Å². The van der Waals surface area contributed by atoms with E-state index in [0.717, 1.165) is 0 Å². The molecule has 0 spiro atoms. The first-order valence-electron chi connectivity index (χ1n) is 4.08. The van der Waals surface area contributed by atoms with Crippen LogP contribution in [0.15, 0.2) is 0 Å². The molecule has 0 aliphatic carbocycles. The van der Waals surface area contributed by atoms with Gasteiger partial charge in [-0.05, 0) is 34.6 Å². The Hall–Kier alpha value is -0.0900. The first kappa shape index (κ1) is 11.9. The molecule has 0 aromatic rings. The first-order valence-corrected chi connectivity index (χ1v) is 5.58. The van der Waals surface area contributed by atoms with Crippen molar-refractivity contribution in [1.82, 2.24) is 4.31 Å². The molecule has 0 saturated heterocycles. The Bertz CT molecular complexity index is 236. The minimum Gasteiger partial charge on any atom is -0.212 e. The SMILES string of the molecule is CC(C)S(=O)(=O)N(C)C(C)(C)C. The van der Waals surface area contributed by atoms with Gasteiger partial charge in [0, 0.05) is 12.6 Å². The highest BCUT2D eigenvalue weighted by molar-refractivity contribution is 7.89. The molecule has 0 aliphatic rings. The molecule has 0 N–H and O–H groups in total. The fourth-order valence-corrected chi connectivity index (χ4v) is 2.09. The number of sulfonamides is 1. The standard InChI is InChI=1S/C8H19NO2S/c1-7(2)12(10,11)9(6)8(3,4)5/h7H,1-6H3. The second-order valence-corrected chi connectivity index (χ2v) is 6.75. The largest absolute Gasteiger partial charge is 0.216 e. The molecule has 0 aromatic carbocycles. The topological polar surface area (TPSA) is 37.4 Å². The zero-order valence-corrected chi connectivity index (χ0v) is 9.57. The van der Waals surface area contributed by atoms with Gasteiger partial charge in [-0.15, -0.1) is 0 Å². The molecule has 4 heteroatoms. The highest BCUT2D eigenvalue weighted by Crippen LogP contribution is 2.18. The van der Waals surface area contributed by atoms with E-state index in [1.807, 2.05) is 20.8 Å². The smallest absolute Gasteiger partial charge is 0.212 e. The Morgan fingerprint density at radius 2 is 1.50 bits per heavy atom. The number of rotatable bonds is 2. The van der Waals surface area contributed by atoms with E-state index in [9.17, 15) is 8.42 Å². The van der Waals surface area contributed by atoms with Gasteiger partial charge in [-0.25, -0.2) is 8.42 Å². The summed E-state index contributed by atoms with van der Waals surface area (Å²) < 4.78 is 24.6. The lowest BCUT2D eigenvalue weighted by atomic mass is 10.1. The maximum atomic E-state index is 11.6. The van der Waals surface area contributed by atoms with Crippen LogP contribution in [0.3, 0.4) is 0 Å². The van der Waals surface area contributed by atoms with Crippen molar-refractivity contribution in [3.63, 3.8) is 0 Å². The van der Waals surface area contributed by atoms with Crippen molar-refractivity contribution in [1.29, 1.82) is 0 Å². The second-order valence-electron chi connectivity index (χ2n) is 4.23. The van der Waals surface area contributed by atoms with Crippen LogP contribution < -0.4 is 0 Å². The second kappa shape index (κ2) is 3.34. The van der Waals surface area contributed by atoms with E-state index in [2.05, 4.69) is 0 Å². The van der Waals surface area contributed by atoms with Gasteiger partial charge < -0.3 is 0 Å². The van der Waals surface area contributed by atoms with E-state index < -0.39 is 10.0 Å². The van der Waals surface area contributed by atoms with Crippen molar-refractivity contribution < 1.29 is 8.42 Å². The summed E-state index contributed by atoms with van der Waals surface area (Å²) in [5, 5.41) is -0.346. The lowest BCUT2D eigenvalue weighted by Gasteiger charge is -2.32. The van der Waals surface area contributed by atoms with Crippen molar-refractivity contribution in [2.45, 2.75) is 45.4 Å². The van der Waals surface area contributed by atoms with Crippen LogP contribution in [-0.4, -0.2) is 30.6 Å². The maximum Gasteiger partial charge on any atom is 0.216 e. The fraction of sp³-hybridized carbons (Fsp3) is 1.00. The van der Waals surface area contributed by atoms with Gasteiger partial charge in [-0.1, -0.05) is 0 Å². The average molecular weight is 193 g/mol. The minimum atomic E-state index is -3.10. The maximum absolute atomic E-state index is 11.6. The van der Waals surface area contributed by atoms with Crippen LogP contribution in [0.25, 0.3) is 0 Å². The van der Waals surface area contributed by atoms with Gasteiger partial charge in [0.25, 0.3) is 0 Å². The molecule has 0 saturated carbocycles. The average Bonchev–Trinajstić information content (AvgIpc) is 1.83. The van der Waals surface area contributed by atoms with Gasteiger partial charge in [0.1, 0.15) is 0 Å². The van der Waals surface area contributed by atoms with Crippen molar-refractivity contribution >= 4 is 10.0 Å². The third kappa shape index (κ3) is 2.45. The van der Waals surface area contributed by atoms with E-state index in [4.69, 9.17) is 0 Å². The van der Waals surface area contributed by atoms with E-state index in [0.29, 0.717) is 0 Å². The Kier molecular flexibility index (Phi) is 3.32. The van der Waals surface area contributed by atoms with E-state index in [1.165, 1.54) is 4.31 Å². The van der Waals surface area contributed by atoms with Crippen LogP contribution in [0.4, 0.5) is 0 Å². The van der Waals surface area contributed by atoms with E-state index >= 15 is 0 Å². The molecule has 0 bridgehead atoms. The van der Waals surface area contributed by atoms with Crippen LogP contribution in [-0.2, 0) is 10.0 Å². The monoisotopic (exact) mass is 193 g/mol. The summed E-state index contributed by atoms with van der Waals surface area (Å²) in [6.07, 6.45) is 0. The van der Waals surface area contributed by atoms with Crippen LogP contribution in [0, 0.1) is 0 Å². The van der Waals surface area contributed by atoms with Gasteiger partial charge in [0.15, 0.2) is 0 Å². The van der Waals surface area contributed by atoms with Crippen LogP contribution in [0.5, 0.6) is 0 Å². The highest BCUT2D eigenvalue weighted by atomic mass is 32.2. The Labute approximate surface area is 75.8 Å². The molecular formula is C8H19NO2S. The van der Waals surface area contributed by atoms with E-state index in [-0.39, 0.29) is 10.8 Å². The quantitative estimate of drug-likeness (QED) is 0.665. The highest BCUT2D eigenvalue weighted by Gasteiger charge is 2.30. The molecule has 3 nitrogen and oxygen atoms in total. The normalized spacial score (nSPS) is 14.3. The molecule has 0 rings (SSSR count). The number of nitrogens with zero attached hydrogens (tertiary/aromatic N) is 1. The lowest BCUT2D eigenvalue weighted by molar-refractivity contribution is 0.289. The summed E-state index contributed by atoms with van der Waals surface area (Å²) in [6, 6.07) is 0. The molecule has 0 heterocycles. The van der Waals surface area contributed by atoms with Gasteiger partial charge in [-0.2, -0.15) is 4.31 Å². The predicted octanol–water partition coefficient (Wildman–Crippen LogP) is 1.45. The van der Waals surface area contributed by atoms with Crippen LogP contribution >= 0.6 is 0 Å². The zero-order valence-electron chi connectivity index (χ0n) is 8.75. The summed E-state index contributed by atoms with van der Waals surface area (Å²) in [6.45, 7) is 9.03. The molecule has 74 valence electrons. The van der Waals surface area contributed by atoms with Gasteiger partial charge >= 0.3 is 0 Å². The van der Waals surface area contributed by atoms with Gasteiger partial charge in [-0.3, -0.25) is 0 Å². The molecule has 0 fully saturated rings. The molecule has 0 unspecified atom stereocenters. The first-order chi connectivity index (χ1) is 5.10. The van der Waals surface area contributed by atoms with Gasteiger partial charge in [0.05, 0.1) is 5.25 Å². The molecule has 0 atom stereocenters. The summed E-state index contributed by atoms with van der Waals surface area (Å²) in [5.41, 5.74) is -0.330. The van der Waals surface area contributed by atoms with Crippen LogP contribution in [0.2, 0.25) is 0 Å². The zero-order chi connectivity index (χ0) is 10.2. The van der Waals surface area contributed by atoms with Crippen molar-refractivity contribution in [3.05, 3.63) is 0 Å². The summed E-state index contributed by atoms with van der Waals surface area (Å²) in [4.78, 5) is 0. The minimum absolute atomic E-state index is 0.330. The molecule has 0 radical (unpaired) electrons. The number of hydrogen-bond donors (Lipinski definition) is 0. The van der Waals surface area contributed by atoms with Crippen molar-refractivity contribution in [2.24, 2.45) is 0 Å². The third-order valence-corrected chi connectivity index (χ3v) is 4.42. The summed E-state index contributed by atoms with van der Waals surface area (Å²) in [7, 11) is -1.48. The van der Waals surface area contributed by atoms with Crippen molar-refractivity contribution in [3.8, 4) is 0 Å². The Morgan fingerprint density at radius 3 is 1.58 bits per heavy atom. The predicted molar refractivity (Wildman–Crippen MR) is 51.6 cm³/mol. The van der Waals surface area contributed by atoms with Crippen LogP contribution in [0.1, 0.15) is 34.6 Å². The van der Waals surface area contributed by atoms with Crippen molar-refractivity contribution in [2.75, 3.05) is 7.05 Å². The number of hydrogen-bond acceptors (Lipinski definition) is 2. The fourth-order valence-electron chi connectivity index (χ4n) is 0.698. The van der Waals surface area contributed by atoms with E-state index in [1.54, 1.807) is 20.9 Å². The molecule has 0 amide bonds. The molecule has 0 aliphatic heterocycles. The third-order valence-electron chi connectivity index (χ3n) is 1.92. The summed E-state index contributed by atoms with van der Waals surface area (Å²) >= 11 is 0. The summed E-state index contributed by atoms with van der Waals surface area (Å²) in [5.74, 6) is 0. The Morgan fingerprint density at radius 1 is 1.17 bits per heavy atom.